The maximum atomic E-state index is 11.8. The third-order valence-corrected chi connectivity index (χ3v) is 2.86. The van der Waals surface area contributed by atoms with Crippen LogP contribution >= 0.6 is 11.6 Å². The quantitative estimate of drug-likeness (QED) is 0.612. The van der Waals surface area contributed by atoms with Crippen molar-refractivity contribution in [2.45, 2.75) is 13.0 Å². The molecule has 116 valence electrons. The Morgan fingerprint density at radius 1 is 1.33 bits per heavy atom. The van der Waals surface area contributed by atoms with Crippen LogP contribution in [0.2, 0.25) is 5.02 Å². The highest BCUT2D eigenvalue weighted by Gasteiger charge is 2.19. The van der Waals surface area contributed by atoms with Crippen LogP contribution in [-0.2, 0) is 14.3 Å². The minimum Gasteiger partial charge on any atom is -0.480 e. The van der Waals surface area contributed by atoms with E-state index in [-0.39, 0.29) is 17.2 Å². The maximum Gasteiger partial charge on any atom is 0.341 e. The van der Waals surface area contributed by atoms with Gasteiger partial charge in [-0.25, -0.2) is 4.79 Å². The van der Waals surface area contributed by atoms with E-state index in [0.717, 1.165) is 0 Å². The monoisotopic (exact) mass is 315 g/mol. The fourth-order valence-corrected chi connectivity index (χ4v) is 1.71. The summed E-state index contributed by atoms with van der Waals surface area (Å²) in [7, 11) is 2.80. The Bertz CT molecular complexity index is 506. The molecule has 0 aromatic heterocycles. The van der Waals surface area contributed by atoms with Gasteiger partial charge in [-0.2, -0.15) is 0 Å². The van der Waals surface area contributed by atoms with E-state index in [1.165, 1.54) is 19.2 Å². The SMILES string of the molecule is COCCNC(=O)[C@H](C)Oc1ccc(Cl)cc1C(=O)OC. The van der Waals surface area contributed by atoms with Gasteiger partial charge in [0.25, 0.3) is 5.91 Å². The van der Waals surface area contributed by atoms with Gasteiger partial charge in [0.15, 0.2) is 6.10 Å². The number of hydrogen-bond donors (Lipinski definition) is 1. The van der Waals surface area contributed by atoms with Crippen molar-refractivity contribution in [1.82, 2.24) is 5.32 Å². The van der Waals surface area contributed by atoms with Gasteiger partial charge in [0, 0.05) is 18.7 Å². The Kier molecular flexibility index (Phi) is 6.98. The lowest BCUT2D eigenvalue weighted by molar-refractivity contribution is -0.127. The minimum atomic E-state index is -0.772. The molecule has 1 rings (SSSR count). The number of ether oxygens (including phenoxy) is 3. The number of carbonyl (C=O) groups excluding carboxylic acids is 2. The van der Waals surface area contributed by atoms with Crippen molar-refractivity contribution in [3.63, 3.8) is 0 Å². The third-order valence-electron chi connectivity index (χ3n) is 2.63. The molecule has 0 heterocycles. The standard InChI is InChI=1S/C14H18ClNO5/c1-9(13(17)16-6-7-19-2)21-12-5-4-10(15)8-11(12)14(18)20-3/h4-5,8-9H,6-7H2,1-3H3,(H,16,17)/t9-/m0/s1. The van der Waals surface area contributed by atoms with E-state index in [0.29, 0.717) is 18.2 Å². The van der Waals surface area contributed by atoms with Gasteiger partial charge in [-0.05, 0) is 25.1 Å². The second-order valence-electron chi connectivity index (χ2n) is 4.18. The number of halogens is 1. The molecule has 1 N–H and O–H groups in total. The molecule has 0 radical (unpaired) electrons. The van der Waals surface area contributed by atoms with Crippen molar-refractivity contribution in [2.24, 2.45) is 0 Å². The van der Waals surface area contributed by atoms with Gasteiger partial charge in [-0.15, -0.1) is 0 Å². The molecule has 0 spiro atoms. The summed E-state index contributed by atoms with van der Waals surface area (Å²) in [5, 5.41) is 3.02. The zero-order valence-corrected chi connectivity index (χ0v) is 12.9. The van der Waals surface area contributed by atoms with Gasteiger partial charge in [0.1, 0.15) is 11.3 Å². The molecule has 21 heavy (non-hydrogen) atoms. The molecular weight excluding hydrogens is 298 g/mol. The average molecular weight is 316 g/mol. The molecule has 0 fully saturated rings. The van der Waals surface area contributed by atoms with Crippen LogP contribution in [0.25, 0.3) is 0 Å². The molecule has 0 aliphatic rings. The molecule has 6 nitrogen and oxygen atoms in total. The summed E-state index contributed by atoms with van der Waals surface area (Å²) in [6.45, 7) is 2.37. The van der Waals surface area contributed by atoms with Gasteiger partial charge in [0.05, 0.1) is 13.7 Å². The van der Waals surface area contributed by atoms with Gasteiger partial charge < -0.3 is 19.5 Å². The van der Waals surface area contributed by atoms with E-state index in [2.05, 4.69) is 10.1 Å². The Morgan fingerprint density at radius 3 is 2.67 bits per heavy atom. The predicted octanol–water partition coefficient (Wildman–Crippen LogP) is 1.66. The van der Waals surface area contributed by atoms with Crippen LogP contribution in [0.15, 0.2) is 18.2 Å². The van der Waals surface area contributed by atoms with E-state index in [1.54, 1.807) is 20.1 Å². The van der Waals surface area contributed by atoms with Crippen molar-refractivity contribution in [3.05, 3.63) is 28.8 Å². The van der Waals surface area contributed by atoms with Gasteiger partial charge in [-0.3, -0.25) is 4.79 Å². The van der Waals surface area contributed by atoms with E-state index in [1.807, 2.05) is 0 Å². The molecule has 0 bridgehead atoms. The van der Waals surface area contributed by atoms with E-state index < -0.39 is 12.1 Å². The average Bonchev–Trinajstić information content (AvgIpc) is 2.48. The Morgan fingerprint density at radius 2 is 2.05 bits per heavy atom. The summed E-state index contributed by atoms with van der Waals surface area (Å²) in [6.07, 6.45) is -0.772. The molecular formula is C14H18ClNO5. The van der Waals surface area contributed by atoms with Crippen molar-refractivity contribution in [2.75, 3.05) is 27.4 Å². The lowest BCUT2D eigenvalue weighted by atomic mass is 10.2. The Hall–Kier alpha value is -1.79. The molecule has 1 aromatic carbocycles. The molecule has 0 aliphatic heterocycles. The van der Waals surface area contributed by atoms with Crippen LogP contribution in [0, 0.1) is 0 Å². The highest BCUT2D eigenvalue weighted by Crippen LogP contribution is 2.24. The molecule has 0 aliphatic carbocycles. The zero-order chi connectivity index (χ0) is 15.8. The first-order valence-corrected chi connectivity index (χ1v) is 6.68. The maximum absolute atomic E-state index is 11.8. The normalized spacial score (nSPS) is 11.6. The summed E-state index contributed by atoms with van der Waals surface area (Å²) in [6, 6.07) is 4.52. The third kappa shape index (κ3) is 5.24. The first-order chi connectivity index (χ1) is 9.99. The minimum absolute atomic E-state index is 0.168. The largest absolute Gasteiger partial charge is 0.480 e. The number of methoxy groups -OCH3 is 2. The summed E-state index contributed by atoms with van der Waals surface area (Å²) >= 11 is 5.84. The molecule has 0 saturated heterocycles. The molecule has 1 atom stereocenters. The highest BCUT2D eigenvalue weighted by molar-refractivity contribution is 6.31. The first kappa shape index (κ1) is 17.3. The molecule has 0 saturated carbocycles. The van der Waals surface area contributed by atoms with Gasteiger partial charge in [0.2, 0.25) is 0 Å². The number of carbonyl (C=O) groups is 2. The summed E-state index contributed by atoms with van der Waals surface area (Å²) in [5.41, 5.74) is 0.168. The number of rotatable bonds is 7. The fourth-order valence-electron chi connectivity index (χ4n) is 1.54. The van der Waals surface area contributed by atoms with Crippen molar-refractivity contribution < 1.29 is 23.8 Å². The zero-order valence-electron chi connectivity index (χ0n) is 12.1. The summed E-state index contributed by atoms with van der Waals surface area (Å²) in [5.74, 6) is -0.655. The first-order valence-electron chi connectivity index (χ1n) is 6.30. The number of nitrogens with one attached hydrogen (secondary N) is 1. The van der Waals surface area contributed by atoms with Crippen molar-refractivity contribution in [1.29, 1.82) is 0 Å². The number of benzene rings is 1. The Balaban J connectivity index is 2.77. The van der Waals surface area contributed by atoms with Gasteiger partial charge in [-0.1, -0.05) is 11.6 Å². The van der Waals surface area contributed by atoms with Crippen LogP contribution in [0.5, 0.6) is 5.75 Å². The lowest BCUT2D eigenvalue weighted by Gasteiger charge is -2.16. The van der Waals surface area contributed by atoms with Crippen LogP contribution in [-0.4, -0.2) is 45.4 Å². The van der Waals surface area contributed by atoms with E-state index in [9.17, 15) is 9.59 Å². The summed E-state index contributed by atoms with van der Waals surface area (Å²) < 4.78 is 15.0. The fraction of sp³-hybridized carbons (Fsp3) is 0.429. The number of esters is 1. The van der Waals surface area contributed by atoms with E-state index in [4.69, 9.17) is 21.1 Å². The summed E-state index contributed by atoms with van der Waals surface area (Å²) in [4.78, 5) is 23.5. The van der Waals surface area contributed by atoms with Crippen LogP contribution in [0.3, 0.4) is 0 Å². The molecule has 1 amide bonds. The lowest BCUT2D eigenvalue weighted by Crippen LogP contribution is -2.38. The second-order valence-corrected chi connectivity index (χ2v) is 4.61. The number of hydrogen-bond acceptors (Lipinski definition) is 5. The van der Waals surface area contributed by atoms with Gasteiger partial charge >= 0.3 is 5.97 Å². The molecule has 1 aromatic rings. The van der Waals surface area contributed by atoms with Crippen molar-refractivity contribution in [3.8, 4) is 5.75 Å². The molecule has 0 unspecified atom stereocenters. The van der Waals surface area contributed by atoms with Crippen molar-refractivity contribution >= 4 is 23.5 Å². The smallest absolute Gasteiger partial charge is 0.341 e. The topological polar surface area (TPSA) is 73.9 Å². The van der Waals surface area contributed by atoms with Crippen LogP contribution < -0.4 is 10.1 Å². The number of amides is 1. The molecule has 7 heteroatoms. The highest BCUT2D eigenvalue weighted by atomic mass is 35.5. The second kappa shape index (κ2) is 8.49. The van der Waals surface area contributed by atoms with Crippen LogP contribution in [0.4, 0.5) is 0 Å². The van der Waals surface area contributed by atoms with E-state index >= 15 is 0 Å². The van der Waals surface area contributed by atoms with Crippen LogP contribution in [0.1, 0.15) is 17.3 Å². The predicted molar refractivity (Wildman–Crippen MR) is 77.8 cm³/mol. The Labute approximate surface area is 128 Å².